The summed E-state index contributed by atoms with van der Waals surface area (Å²) >= 11 is 0. The monoisotopic (exact) mass is 206 g/mol. The number of nitrogens with zero attached hydrogens (tertiary/aromatic N) is 1. The Labute approximate surface area is 93.0 Å². The summed E-state index contributed by atoms with van der Waals surface area (Å²) in [5.41, 5.74) is 0.379. The molecule has 2 aliphatic carbocycles. The second-order valence-electron chi connectivity index (χ2n) is 5.45. The Bertz CT molecular complexity index is 231. The maximum atomic E-state index is 8.69. The molecule has 0 unspecified atom stereocenters. The van der Waals surface area contributed by atoms with Crippen LogP contribution in [0.25, 0.3) is 0 Å². The van der Waals surface area contributed by atoms with E-state index >= 15 is 0 Å². The minimum Gasteiger partial charge on any atom is -0.316 e. The lowest BCUT2D eigenvalue weighted by atomic mass is 10.0. The first-order valence-electron chi connectivity index (χ1n) is 6.42. The molecule has 0 amide bonds. The quantitative estimate of drug-likeness (QED) is 0.678. The highest BCUT2D eigenvalue weighted by atomic mass is 14.9. The summed E-state index contributed by atoms with van der Waals surface area (Å²) in [6.07, 6.45) is 10.4. The Balaban J connectivity index is 1.53. The van der Waals surface area contributed by atoms with Gasteiger partial charge in [-0.1, -0.05) is 25.7 Å². The van der Waals surface area contributed by atoms with Crippen molar-refractivity contribution in [3.63, 3.8) is 0 Å². The Morgan fingerprint density at radius 2 is 2.00 bits per heavy atom. The Morgan fingerprint density at radius 3 is 2.60 bits per heavy atom. The van der Waals surface area contributed by atoms with Crippen LogP contribution in [0.15, 0.2) is 0 Å². The maximum Gasteiger partial charge on any atom is 0.0628 e. The average molecular weight is 206 g/mol. The van der Waals surface area contributed by atoms with Gasteiger partial charge in [-0.05, 0) is 37.1 Å². The first-order valence-corrected chi connectivity index (χ1v) is 6.42. The van der Waals surface area contributed by atoms with Gasteiger partial charge < -0.3 is 5.32 Å². The normalized spacial score (nSPS) is 23.9. The van der Waals surface area contributed by atoms with Gasteiger partial charge in [-0.2, -0.15) is 5.26 Å². The minimum absolute atomic E-state index is 0.379. The SMILES string of the molecule is N#CCC1(CNCCC2CCCC2)CC1. The van der Waals surface area contributed by atoms with Gasteiger partial charge in [-0.25, -0.2) is 0 Å². The molecule has 0 saturated heterocycles. The van der Waals surface area contributed by atoms with Crippen LogP contribution in [-0.2, 0) is 0 Å². The van der Waals surface area contributed by atoms with Gasteiger partial charge in [0.2, 0.25) is 0 Å². The van der Waals surface area contributed by atoms with Crippen molar-refractivity contribution in [2.45, 2.75) is 51.4 Å². The third-order valence-corrected chi connectivity index (χ3v) is 4.12. The standard InChI is InChI=1S/C13H22N2/c14-9-8-13(6-7-13)11-15-10-5-12-3-1-2-4-12/h12,15H,1-8,10-11H2. The molecule has 0 radical (unpaired) electrons. The van der Waals surface area contributed by atoms with Gasteiger partial charge >= 0.3 is 0 Å². The molecule has 2 nitrogen and oxygen atoms in total. The van der Waals surface area contributed by atoms with E-state index in [1.165, 1.54) is 44.9 Å². The molecule has 2 aliphatic rings. The van der Waals surface area contributed by atoms with Crippen LogP contribution in [-0.4, -0.2) is 13.1 Å². The second-order valence-corrected chi connectivity index (χ2v) is 5.45. The predicted molar refractivity (Wildman–Crippen MR) is 61.3 cm³/mol. The van der Waals surface area contributed by atoms with Crippen LogP contribution < -0.4 is 5.32 Å². The Hall–Kier alpha value is -0.550. The number of nitrogens with one attached hydrogen (secondary N) is 1. The zero-order valence-electron chi connectivity index (χ0n) is 9.60. The number of hydrogen-bond donors (Lipinski definition) is 1. The summed E-state index contributed by atoms with van der Waals surface area (Å²) in [5.74, 6) is 0.989. The van der Waals surface area contributed by atoms with Gasteiger partial charge in [0.05, 0.1) is 6.07 Å². The van der Waals surface area contributed by atoms with Crippen molar-refractivity contribution in [1.29, 1.82) is 5.26 Å². The first-order chi connectivity index (χ1) is 7.35. The van der Waals surface area contributed by atoms with Crippen LogP contribution >= 0.6 is 0 Å². The highest BCUT2D eigenvalue weighted by molar-refractivity contribution is 5.00. The first kappa shape index (κ1) is 11.0. The van der Waals surface area contributed by atoms with E-state index in [1.54, 1.807) is 0 Å². The molecule has 2 heteroatoms. The molecule has 0 aromatic carbocycles. The van der Waals surface area contributed by atoms with E-state index in [9.17, 15) is 0 Å². The van der Waals surface area contributed by atoms with E-state index in [4.69, 9.17) is 5.26 Å². The molecule has 15 heavy (non-hydrogen) atoms. The van der Waals surface area contributed by atoms with Crippen molar-refractivity contribution in [1.82, 2.24) is 5.32 Å². The molecule has 0 aromatic rings. The molecule has 0 aromatic heterocycles. The summed E-state index contributed by atoms with van der Waals surface area (Å²) in [6, 6.07) is 2.31. The average Bonchev–Trinajstić information content (AvgIpc) is 2.80. The van der Waals surface area contributed by atoms with Gasteiger partial charge in [0.1, 0.15) is 0 Å². The summed E-state index contributed by atoms with van der Waals surface area (Å²) in [4.78, 5) is 0. The lowest BCUT2D eigenvalue weighted by Crippen LogP contribution is -2.25. The lowest BCUT2D eigenvalue weighted by Gasteiger charge is -2.14. The molecule has 0 atom stereocenters. The van der Waals surface area contributed by atoms with Crippen molar-refractivity contribution < 1.29 is 0 Å². The number of rotatable bonds is 6. The minimum atomic E-state index is 0.379. The Kier molecular flexibility index (Phi) is 3.64. The fraction of sp³-hybridized carbons (Fsp3) is 0.923. The topological polar surface area (TPSA) is 35.8 Å². The van der Waals surface area contributed by atoms with E-state index < -0.39 is 0 Å². The summed E-state index contributed by atoms with van der Waals surface area (Å²) < 4.78 is 0. The fourth-order valence-corrected chi connectivity index (χ4v) is 2.72. The maximum absolute atomic E-state index is 8.69. The molecule has 0 bridgehead atoms. The van der Waals surface area contributed by atoms with Crippen molar-refractivity contribution in [3.05, 3.63) is 0 Å². The third kappa shape index (κ3) is 3.21. The van der Waals surface area contributed by atoms with Crippen molar-refractivity contribution in [3.8, 4) is 6.07 Å². The van der Waals surface area contributed by atoms with E-state index in [0.717, 1.165) is 25.4 Å². The van der Waals surface area contributed by atoms with E-state index in [-0.39, 0.29) is 0 Å². The van der Waals surface area contributed by atoms with Gasteiger partial charge in [-0.3, -0.25) is 0 Å². The predicted octanol–water partition coefficient (Wildman–Crippen LogP) is 2.85. The summed E-state index contributed by atoms with van der Waals surface area (Å²) in [7, 11) is 0. The van der Waals surface area contributed by atoms with Crippen LogP contribution in [0.4, 0.5) is 0 Å². The zero-order chi connectivity index (χ0) is 10.6. The molecule has 2 fully saturated rings. The van der Waals surface area contributed by atoms with Gasteiger partial charge in [0.15, 0.2) is 0 Å². The van der Waals surface area contributed by atoms with Crippen LogP contribution in [0.2, 0.25) is 0 Å². The molecule has 0 spiro atoms. The van der Waals surface area contributed by atoms with Crippen molar-refractivity contribution >= 4 is 0 Å². The molecule has 2 rings (SSSR count). The smallest absolute Gasteiger partial charge is 0.0628 e. The van der Waals surface area contributed by atoms with E-state index in [0.29, 0.717) is 5.41 Å². The lowest BCUT2D eigenvalue weighted by molar-refractivity contribution is 0.427. The van der Waals surface area contributed by atoms with Crippen molar-refractivity contribution in [2.75, 3.05) is 13.1 Å². The van der Waals surface area contributed by atoms with Crippen LogP contribution in [0.5, 0.6) is 0 Å². The molecule has 0 heterocycles. The highest BCUT2D eigenvalue weighted by Gasteiger charge is 2.41. The van der Waals surface area contributed by atoms with Gasteiger partial charge in [-0.15, -0.1) is 0 Å². The van der Waals surface area contributed by atoms with Gasteiger partial charge in [0.25, 0.3) is 0 Å². The third-order valence-electron chi connectivity index (χ3n) is 4.12. The molecule has 1 N–H and O–H groups in total. The molecule has 0 aliphatic heterocycles. The Morgan fingerprint density at radius 1 is 1.27 bits per heavy atom. The largest absolute Gasteiger partial charge is 0.316 e. The summed E-state index contributed by atoms with van der Waals surface area (Å²) in [6.45, 7) is 2.24. The number of nitriles is 1. The van der Waals surface area contributed by atoms with Crippen molar-refractivity contribution in [2.24, 2.45) is 11.3 Å². The molecular formula is C13H22N2. The zero-order valence-corrected chi connectivity index (χ0v) is 9.60. The second kappa shape index (κ2) is 4.99. The van der Waals surface area contributed by atoms with Crippen LogP contribution in [0.3, 0.4) is 0 Å². The molecule has 84 valence electrons. The van der Waals surface area contributed by atoms with Crippen LogP contribution in [0, 0.1) is 22.7 Å². The van der Waals surface area contributed by atoms with Crippen LogP contribution in [0.1, 0.15) is 51.4 Å². The number of hydrogen-bond acceptors (Lipinski definition) is 2. The summed E-state index contributed by atoms with van der Waals surface area (Å²) in [5, 5.41) is 12.2. The van der Waals surface area contributed by atoms with Gasteiger partial charge in [0, 0.05) is 13.0 Å². The fourth-order valence-electron chi connectivity index (χ4n) is 2.72. The molecular weight excluding hydrogens is 184 g/mol. The molecule has 2 saturated carbocycles. The highest BCUT2D eigenvalue weighted by Crippen LogP contribution is 2.47. The van der Waals surface area contributed by atoms with E-state index in [1.807, 2.05) is 0 Å². The van der Waals surface area contributed by atoms with E-state index in [2.05, 4.69) is 11.4 Å².